The van der Waals surface area contributed by atoms with Crippen molar-refractivity contribution in [2.75, 3.05) is 26.7 Å². The van der Waals surface area contributed by atoms with Crippen LogP contribution in [0.25, 0.3) is 0 Å². The van der Waals surface area contributed by atoms with Gasteiger partial charge in [0.15, 0.2) is 0 Å². The Labute approximate surface area is 144 Å². The molecule has 0 radical (unpaired) electrons. The maximum atomic E-state index is 12.8. The van der Waals surface area contributed by atoms with Gasteiger partial charge in [0, 0.05) is 13.6 Å². The fourth-order valence-corrected chi connectivity index (χ4v) is 3.41. The average Bonchev–Trinajstić information content (AvgIpc) is 3.14. The predicted molar refractivity (Wildman–Crippen MR) is 97.8 cm³/mol. The molecule has 0 saturated carbocycles. The molecule has 24 heavy (non-hydrogen) atoms. The third-order valence-corrected chi connectivity index (χ3v) is 4.87. The Kier molecular flexibility index (Phi) is 5.65. The number of likely N-dealkylation sites (N-methyl/N-ethyl adjacent to an activating group) is 1. The summed E-state index contributed by atoms with van der Waals surface area (Å²) in [5, 5.41) is 0. The number of carbonyl (C=O) groups is 1. The van der Waals surface area contributed by atoms with Crippen molar-refractivity contribution < 1.29 is 4.79 Å². The van der Waals surface area contributed by atoms with E-state index in [4.69, 9.17) is 0 Å². The maximum absolute atomic E-state index is 12.8. The first kappa shape index (κ1) is 16.7. The standard InChI is InChI=1S/C21H26N2O/c1-22(21(24)16-18-10-4-2-5-11-18)20(17-23-14-8-9-15-23)19-12-6-3-7-13-19/h2-7,10-13,20H,8-9,14-17H2,1H3/t20-/m0/s1. The number of rotatable bonds is 6. The molecule has 1 atom stereocenters. The smallest absolute Gasteiger partial charge is 0.227 e. The van der Waals surface area contributed by atoms with Gasteiger partial charge in [-0.1, -0.05) is 60.7 Å². The molecule has 2 aromatic rings. The lowest BCUT2D eigenvalue weighted by Gasteiger charge is -2.32. The predicted octanol–water partition coefficient (Wildman–Crippen LogP) is 3.52. The SMILES string of the molecule is CN(C(=O)Cc1ccccc1)[C@@H](CN1CCCC1)c1ccccc1. The largest absolute Gasteiger partial charge is 0.337 e. The van der Waals surface area contributed by atoms with Gasteiger partial charge in [0.05, 0.1) is 12.5 Å². The van der Waals surface area contributed by atoms with Crippen LogP contribution in [0, 0.1) is 0 Å². The van der Waals surface area contributed by atoms with Crippen molar-refractivity contribution in [3.05, 3.63) is 71.8 Å². The summed E-state index contributed by atoms with van der Waals surface area (Å²) in [5.74, 6) is 0.175. The number of likely N-dealkylation sites (tertiary alicyclic amines) is 1. The first-order valence-corrected chi connectivity index (χ1v) is 8.81. The van der Waals surface area contributed by atoms with Crippen molar-refractivity contribution in [1.29, 1.82) is 0 Å². The first-order chi connectivity index (χ1) is 11.7. The molecule has 3 heteroatoms. The van der Waals surface area contributed by atoms with Crippen LogP contribution in [-0.2, 0) is 11.2 Å². The molecule has 1 aliphatic heterocycles. The second kappa shape index (κ2) is 8.11. The third-order valence-electron chi connectivity index (χ3n) is 4.87. The summed E-state index contributed by atoms with van der Waals surface area (Å²) in [6, 6.07) is 20.5. The molecule has 1 saturated heterocycles. The molecule has 126 valence electrons. The lowest BCUT2D eigenvalue weighted by Crippen LogP contribution is -2.39. The number of hydrogen-bond acceptors (Lipinski definition) is 2. The minimum atomic E-state index is 0.112. The van der Waals surface area contributed by atoms with Crippen LogP contribution >= 0.6 is 0 Å². The molecule has 0 unspecified atom stereocenters. The zero-order chi connectivity index (χ0) is 16.8. The molecule has 0 aliphatic carbocycles. The molecule has 1 heterocycles. The van der Waals surface area contributed by atoms with Crippen molar-refractivity contribution in [3.63, 3.8) is 0 Å². The fourth-order valence-electron chi connectivity index (χ4n) is 3.41. The molecular weight excluding hydrogens is 296 g/mol. The van der Waals surface area contributed by atoms with Gasteiger partial charge in [-0.25, -0.2) is 0 Å². The summed E-state index contributed by atoms with van der Waals surface area (Å²) in [4.78, 5) is 17.2. The molecule has 3 nitrogen and oxygen atoms in total. The minimum Gasteiger partial charge on any atom is -0.337 e. The normalized spacial score (nSPS) is 16.0. The van der Waals surface area contributed by atoms with Gasteiger partial charge in [-0.2, -0.15) is 0 Å². The quantitative estimate of drug-likeness (QED) is 0.812. The molecular formula is C21H26N2O. The van der Waals surface area contributed by atoms with Gasteiger partial charge in [0.25, 0.3) is 0 Å². The van der Waals surface area contributed by atoms with Crippen LogP contribution in [0.15, 0.2) is 60.7 Å². The van der Waals surface area contributed by atoms with Crippen LogP contribution in [0.3, 0.4) is 0 Å². The van der Waals surface area contributed by atoms with E-state index in [1.165, 1.54) is 18.4 Å². The summed E-state index contributed by atoms with van der Waals surface area (Å²) in [7, 11) is 1.94. The van der Waals surface area contributed by atoms with Crippen molar-refractivity contribution in [3.8, 4) is 0 Å². The summed E-state index contributed by atoms with van der Waals surface area (Å²) in [6.45, 7) is 3.20. The topological polar surface area (TPSA) is 23.6 Å². The van der Waals surface area contributed by atoms with Crippen LogP contribution in [0.4, 0.5) is 0 Å². The minimum absolute atomic E-state index is 0.112. The van der Waals surface area contributed by atoms with Gasteiger partial charge in [0.2, 0.25) is 5.91 Å². The molecule has 0 N–H and O–H groups in total. The van der Waals surface area contributed by atoms with E-state index in [1.807, 2.05) is 48.3 Å². The van der Waals surface area contributed by atoms with E-state index < -0.39 is 0 Å². The van der Waals surface area contributed by atoms with E-state index in [2.05, 4.69) is 29.2 Å². The number of nitrogens with zero attached hydrogens (tertiary/aromatic N) is 2. The summed E-state index contributed by atoms with van der Waals surface area (Å²) in [5.41, 5.74) is 2.29. The van der Waals surface area contributed by atoms with Gasteiger partial charge in [-0.3, -0.25) is 4.79 Å². The summed E-state index contributed by atoms with van der Waals surface area (Å²) in [6.07, 6.45) is 2.99. The Bertz CT molecular complexity index is 635. The van der Waals surface area contributed by atoms with Gasteiger partial charge >= 0.3 is 0 Å². The Balaban J connectivity index is 1.74. The van der Waals surface area contributed by atoms with E-state index >= 15 is 0 Å². The lowest BCUT2D eigenvalue weighted by atomic mass is 10.0. The monoisotopic (exact) mass is 322 g/mol. The van der Waals surface area contributed by atoms with Crippen LogP contribution < -0.4 is 0 Å². The fraction of sp³-hybridized carbons (Fsp3) is 0.381. The number of benzene rings is 2. The number of amides is 1. The van der Waals surface area contributed by atoms with E-state index in [0.717, 1.165) is 25.2 Å². The highest BCUT2D eigenvalue weighted by Crippen LogP contribution is 2.23. The summed E-state index contributed by atoms with van der Waals surface area (Å²) < 4.78 is 0. The number of hydrogen-bond donors (Lipinski definition) is 0. The zero-order valence-electron chi connectivity index (χ0n) is 14.4. The molecule has 0 aromatic heterocycles. The van der Waals surface area contributed by atoms with Crippen molar-refractivity contribution >= 4 is 5.91 Å². The molecule has 0 spiro atoms. The van der Waals surface area contributed by atoms with Crippen LogP contribution in [0.5, 0.6) is 0 Å². The Morgan fingerprint density at radius 3 is 2.21 bits per heavy atom. The van der Waals surface area contributed by atoms with E-state index in [0.29, 0.717) is 6.42 Å². The first-order valence-electron chi connectivity index (χ1n) is 8.81. The zero-order valence-corrected chi connectivity index (χ0v) is 14.4. The molecule has 0 bridgehead atoms. The molecule has 2 aromatic carbocycles. The van der Waals surface area contributed by atoms with Crippen molar-refractivity contribution in [2.45, 2.75) is 25.3 Å². The third kappa shape index (κ3) is 4.24. The lowest BCUT2D eigenvalue weighted by molar-refractivity contribution is -0.131. The van der Waals surface area contributed by atoms with Crippen molar-refractivity contribution in [1.82, 2.24) is 9.80 Å². The highest BCUT2D eigenvalue weighted by atomic mass is 16.2. The average molecular weight is 322 g/mol. The van der Waals surface area contributed by atoms with Gasteiger partial charge < -0.3 is 9.80 Å². The Morgan fingerprint density at radius 2 is 1.58 bits per heavy atom. The van der Waals surface area contributed by atoms with Gasteiger partial charge in [0.1, 0.15) is 0 Å². The van der Waals surface area contributed by atoms with Crippen LogP contribution in [-0.4, -0.2) is 42.4 Å². The van der Waals surface area contributed by atoms with Crippen LogP contribution in [0.1, 0.15) is 30.0 Å². The molecule has 1 aliphatic rings. The Hall–Kier alpha value is -2.13. The van der Waals surface area contributed by atoms with E-state index in [-0.39, 0.29) is 11.9 Å². The number of carbonyl (C=O) groups excluding carboxylic acids is 1. The second-order valence-corrected chi connectivity index (χ2v) is 6.60. The van der Waals surface area contributed by atoms with Crippen LogP contribution in [0.2, 0.25) is 0 Å². The molecule has 3 rings (SSSR count). The van der Waals surface area contributed by atoms with E-state index in [1.54, 1.807) is 0 Å². The molecule has 1 amide bonds. The van der Waals surface area contributed by atoms with Crippen molar-refractivity contribution in [2.24, 2.45) is 0 Å². The Morgan fingerprint density at radius 1 is 1.00 bits per heavy atom. The van der Waals surface area contributed by atoms with Gasteiger partial charge in [-0.15, -0.1) is 0 Å². The molecule has 1 fully saturated rings. The maximum Gasteiger partial charge on any atom is 0.227 e. The van der Waals surface area contributed by atoms with E-state index in [9.17, 15) is 4.79 Å². The van der Waals surface area contributed by atoms with Gasteiger partial charge in [-0.05, 0) is 37.1 Å². The summed E-state index contributed by atoms with van der Waals surface area (Å²) >= 11 is 0. The highest BCUT2D eigenvalue weighted by Gasteiger charge is 2.25. The second-order valence-electron chi connectivity index (χ2n) is 6.60. The highest BCUT2D eigenvalue weighted by molar-refractivity contribution is 5.79.